The van der Waals surface area contributed by atoms with Gasteiger partial charge in [0, 0.05) is 5.92 Å². The van der Waals surface area contributed by atoms with Crippen LogP contribution in [0.4, 0.5) is 0 Å². The van der Waals surface area contributed by atoms with Gasteiger partial charge in [0.15, 0.2) is 0 Å². The van der Waals surface area contributed by atoms with Crippen molar-refractivity contribution in [3.05, 3.63) is 48.0 Å². The minimum Gasteiger partial charge on any atom is -0.469 e. The van der Waals surface area contributed by atoms with E-state index in [-0.39, 0.29) is 17.9 Å². The van der Waals surface area contributed by atoms with Gasteiger partial charge < -0.3 is 9.47 Å². The maximum atomic E-state index is 12.1. The molecule has 0 aromatic heterocycles. The first kappa shape index (κ1) is 14.3. The highest BCUT2D eigenvalue weighted by molar-refractivity contribution is 5.83. The second-order valence-corrected chi connectivity index (χ2v) is 4.78. The van der Waals surface area contributed by atoms with Crippen molar-refractivity contribution in [1.29, 1.82) is 0 Å². The standard InChI is InChI=1S/C16H18O4/c1-19-15(17)13-10-6-9-12(14(13)16(18)20-2)11-7-4-3-5-8-11/h3-9,12-14H,10H2,1-2H3. The molecule has 0 spiro atoms. The van der Waals surface area contributed by atoms with E-state index in [0.29, 0.717) is 6.42 Å². The first-order valence-electron chi connectivity index (χ1n) is 6.56. The molecule has 0 N–H and O–H groups in total. The van der Waals surface area contributed by atoms with E-state index in [9.17, 15) is 9.59 Å². The third kappa shape index (κ3) is 2.74. The lowest BCUT2D eigenvalue weighted by Gasteiger charge is -2.31. The van der Waals surface area contributed by atoms with E-state index in [1.807, 2.05) is 42.5 Å². The van der Waals surface area contributed by atoms with Crippen molar-refractivity contribution in [2.45, 2.75) is 12.3 Å². The van der Waals surface area contributed by atoms with Crippen molar-refractivity contribution in [3.63, 3.8) is 0 Å². The summed E-state index contributed by atoms with van der Waals surface area (Å²) in [4.78, 5) is 24.0. The summed E-state index contributed by atoms with van der Waals surface area (Å²) in [6.45, 7) is 0. The summed E-state index contributed by atoms with van der Waals surface area (Å²) in [5.41, 5.74) is 0.993. The lowest BCUT2D eigenvalue weighted by molar-refractivity contribution is -0.158. The van der Waals surface area contributed by atoms with Gasteiger partial charge in [-0.1, -0.05) is 42.5 Å². The van der Waals surface area contributed by atoms with E-state index in [2.05, 4.69) is 0 Å². The quantitative estimate of drug-likeness (QED) is 0.627. The van der Waals surface area contributed by atoms with E-state index in [4.69, 9.17) is 9.47 Å². The van der Waals surface area contributed by atoms with Crippen LogP contribution in [0.25, 0.3) is 0 Å². The average Bonchev–Trinajstić information content (AvgIpc) is 2.53. The van der Waals surface area contributed by atoms with Crippen LogP contribution in [-0.2, 0) is 19.1 Å². The minimum absolute atomic E-state index is 0.165. The largest absolute Gasteiger partial charge is 0.469 e. The van der Waals surface area contributed by atoms with Crippen LogP contribution in [0.5, 0.6) is 0 Å². The SMILES string of the molecule is COC(=O)C1CC=CC(c2ccccc2)C1C(=O)OC. The number of hydrogen-bond acceptors (Lipinski definition) is 4. The Labute approximate surface area is 118 Å². The smallest absolute Gasteiger partial charge is 0.310 e. The maximum absolute atomic E-state index is 12.1. The van der Waals surface area contributed by atoms with E-state index in [1.165, 1.54) is 14.2 Å². The number of carbonyl (C=O) groups excluding carboxylic acids is 2. The Bertz CT molecular complexity index is 506. The molecule has 3 atom stereocenters. The van der Waals surface area contributed by atoms with Crippen molar-refractivity contribution < 1.29 is 19.1 Å². The number of carbonyl (C=O) groups is 2. The first-order valence-corrected chi connectivity index (χ1v) is 6.56. The van der Waals surface area contributed by atoms with Gasteiger partial charge in [0.25, 0.3) is 0 Å². The molecule has 1 aliphatic carbocycles. The summed E-state index contributed by atoms with van der Waals surface area (Å²) >= 11 is 0. The van der Waals surface area contributed by atoms with Crippen molar-refractivity contribution in [3.8, 4) is 0 Å². The summed E-state index contributed by atoms with van der Waals surface area (Å²) in [7, 11) is 2.68. The Balaban J connectivity index is 2.39. The predicted octanol–water partition coefficient (Wildman–Crippen LogP) is 2.31. The molecule has 1 aliphatic rings. The zero-order chi connectivity index (χ0) is 14.5. The minimum atomic E-state index is -0.542. The molecule has 0 bridgehead atoms. The molecule has 4 heteroatoms. The molecule has 0 radical (unpaired) electrons. The molecule has 0 amide bonds. The van der Waals surface area contributed by atoms with Gasteiger partial charge in [-0.05, 0) is 12.0 Å². The molecule has 1 aromatic rings. The summed E-state index contributed by atoms with van der Waals surface area (Å²) in [5, 5.41) is 0. The first-order chi connectivity index (χ1) is 9.69. The number of methoxy groups -OCH3 is 2. The summed E-state index contributed by atoms with van der Waals surface area (Å²) in [6, 6.07) is 9.65. The van der Waals surface area contributed by atoms with Crippen LogP contribution in [0.2, 0.25) is 0 Å². The molecule has 4 nitrogen and oxygen atoms in total. The Morgan fingerprint density at radius 3 is 2.30 bits per heavy atom. The molecule has 3 unspecified atom stereocenters. The van der Waals surface area contributed by atoms with Gasteiger partial charge >= 0.3 is 11.9 Å². The van der Waals surface area contributed by atoms with Gasteiger partial charge in [-0.2, -0.15) is 0 Å². The number of hydrogen-bond donors (Lipinski definition) is 0. The molecule has 0 saturated heterocycles. The molecule has 20 heavy (non-hydrogen) atoms. The summed E-state index contributed by atoms with van der Waals surface area (Å²) in [6.07, 6.45) is 4.39. The van der Waals surface area contributed by atoms with Crippen LogP contribution in [-0.4, -0.2) is 26.2 Å². The Morgan fingerprint density at radius 2 is 1.70 bits per heavy atom. The van der Waals surface area contributed by atoms with Crippen LogP contribution < -0.4 is 0 Å². The van der Waals surface area contributed by atoms with Gasteiger partial charge in [-0.25, -0.2) is 0 Å². The second-order valence-electron chi connectivity index (χ2n) is 4.78. The molecular formula is C16H18O4. The van der Waals surface area contributed by atoms with Crippen LogP contribution in [0, 0.1) is 11.8 Å². The topological polar surface area (TPSA) is 52.6 Å². The molecule has 0 saturated carbocycles. The monoisotopic (exact) mass is 274 g/mol. The van der Waals surface area contributed by atoms with Crippen molar-refractivity contribution in [1.82, 2.24) is 0 Å². The zero-order valence-electron chi connectivity index (χ0n) is 11.6. The van der Waals surface area contributed by atoms with Crippen LogP contribution in [0.1, 0.15) is 17.9 Å². The van der Waals surface area contributed by atoms with E-state index >= 15 is 0 Å². The molecule has 1 aromatic carbocycles. The molecular weight excluding hydrogens is 256 g/mol. The second kappa shape index (κ2) is 6.37. The molecule has 0 fully saturated rings. The normalized spacial score (nSPS) is 25.0. The maximum Gasteiger partial charge on any atom is 0.310 e. The number of benzene rings is 1. The highest BCUT2D eigenvalue weighted by Crippen LogP contribution is 2.38. The predicted molar refractivity (Wildman–Crippen MR) is 74.0 cm³/mol. The van der Waals surface area contributed by atoms with Crippen LogP contribution in [0.15, 0.2) is 42.5 Å². The van der Waals surface area contributed by atoms with Gasteiger partial charge in [0.1, 0.15) is 0 Å². The highest BCUT2D eigenvalue weighted by atomic mass is 16.5. The lowest BCUT2D eigenvalue weighted by Crippen LogP contribution is -2.37. The fourth-order valence-electron chi connectivity index (χ4n) is 2.72. The summed E-state index contributed by atoms with van der Waals surface area (Å²) < 4.78 is 9.70. The van der Waals surface area contributed by atoms with E-state index in [1.54, 1.807) is 0 Å². The van der Waals surface area contributed by atoms with Gasteiger partial charge in [-0.3, -0.25) is 9.59 Å². The number of esters is 2. The molecule has 106 valence electrons. The van der Waals surface area contributed by atoms with Crippen molar-refractivity contribution >= 4 is 11.9 Å². The molecule has 2 rings (SSSR count). The third-order valence-corrected chi connectivity index (χ3v) is 3.72. The number of ether oxygens (including phenoxy) is 2. The zero-order valence-corrected chi connectivity index (χ0v) is 11.6. The number of allylic oxidation sites excluding steroid dienone is 2. The highest BCUT2D eigenvalue weighted by Gasteiger charge is 2.42. The average molecular weight is 274 g/mol. The molecule has 0 aliphatic heterocycles. The molecule has 0 heterocycles. The fraction of sp³-hybridized carbons (Fsp3) is 0.375. The van der Waals surface area contributed by atoms with Gasteiger partial charge in [-0.15, -0.1) is 0 Å². The van der Waals surface area contributed by atoms with Crippen molar-refractivity contribution in [2.24, 2.45) is 11.8 Å². The van der Waals surface area contributed by atoms with E-state index in [0.717, 1.165) is 5.56 Å². The Morgan fingerprint density at radius 1 is 1.05 bits per heavy atom. The van der Waals surface area contributed by atoms with Crippen LogP contribution >= 0.6 is 0 Å². The lowest BCUT2D eigenvalue weighted by atomic mass is 9.73. The third-order valence-electron chi connectivity index (χ3n) is 3.72. The number of rotatable bonds is 3. The summed E-state index contributed by atoms with van der Waals surface area (Å²) in [5.74, 6) is -1.95. The van der Waals surface area contributed by atoms with Crippen molar-refractivity contribution in [2.75, 3.05) is 14.2 Å². The Kier molecular flexibility index (Phi) is 4.56. The Hall–Kier alpha value is -2.10. The van der Waals surface area contributed by atoms with E-state index < -0.39 is 11.8 Å². The van der Waals surface area contributed by atoms with Crippen LogP contribution in [0.3, 0.4) is 0 Å². The van der Waals surface area contributed by atoms with Gasteiger partial charge in [0.2, 0.25) is 0 Å². The van der Waals surface area contributed by atoms with Gasteiger partial charge in [0.05, 0.1) is 26.1 Å². The fourth-order valence-corrected chi connectivity index (χ4v) is 2.72.